The van der Waals surface area contributed by atoms with Crippen molar-refractivity contribution in [3.63, 3.8) is 0 Å². The van der Waals surface area contributed by atoms with Crippen LogP contribution in [0.25, 0.3) is 0 Å². The van der Waals surface area contributed by atoms with Crippen molar-refractivity contribution in [1.29, 1.82) is 0 Å². The molecule has 1 nitrogen and oxygen atoms in total. The molecule has 0 aliphatic rings. The molecule has 1 heterocycles. The molecule has 0 aliphatic carbocycles. The van der Waals surface area contributed by atoms with Crippen LogP contribution in [0.1, 0.15) is 22.2 Å². The summed E-state index contributed by atoms with van der Waals surface area (Å²) in [6.07, 6.45) is 2.27. The van der Waals surface area contributed by atoms with Crippen LogP contribution in [0.15, 0.2) is 42.6 Å². The maximum absolute atomic E-state index is 13.5. The Balaban J connectivity index is 2.20. The van der Waals surface area contributed by atoms with E-state index in [0.29, 0.717) is 12.0 Å². The van der Waals surface area contributed by atoms with Gasteiger partial charge < -0.3 is 0 Å². The molecule has 2 aromatic rings. The number of aryl methyl sites for hydroxylation is 1. The average molecular weight is 250 g/mol. The van der Waals surface area contributed by atoms with E-state index in [4.69, 9.17) is 11.6 Å². The molecular formula is C14H13ClFN. The largest absolute Gasteiger partial charge is 0.261 e. The molecule has 1 unspecified atom stereocenters. The summed E-state index contributed by atoms with van der Waals surface area (Å²) in [6.45, 7) is 1.98. The Kier molecular flexibility index (Phi) is 3.75. The molecule has 0 saturated heterocycles. The molecule has 0 fully saturated rings. The van der Waals surface area contributed by atoms with Crippen molar-refractivity contribution < 1.29 is 4.39 Å². The second kappa shape index (κ2) is 5.28. The quantitative estimate of drug-likeness (QED) is 0.748. The molecule has 88 valence electrons. The minimum atomic E-state index is -0.384. The van der Waals surface area contributed by atoms with E-state index in [0.717, 1.165) is 11.3 Å². The molecule has 3 heteroatoms. The summed E-state index contributed by atoms with van der Waals surface area (Å²) in [5.74, 6) is -0.263. The molecule has 2 rings (SSSR count). The fraction of sp³-hybridized carbons (Fsp3) is 0.214. The van der Waals surface area contributed by atoms with Gasteiger partial charge in [0.25, 0.3) is 0 Å². The molecule has 0 N–H and O–H groups in total. The third kappa shape index (κ3) is 2.83. The Bertz CT molecular complexity index is 513. The second-order valence-electron chi connectivity index (χ2n) is 3.96. The smallest absolute Gasteiger partial charge is 0.127 e. The highest BCUT2D eigenvalue weighted by Gasteiger charge is 2.14. The number of aromatic nitrogens is 1. The predicted molar refractivity (Wildman–Crippen MR) is 67.7 cm³/mol. The van der Waals surface area contributed by atoms with E-state index in [1.807, 2.05) is 19.1 Å². The van der Waals surface area contributed by atoms with Gasteiger partial charge in [-0.25, -0.2) is 4.39 Å². The van der Waals surface area contributed by atoms with Crippen LogP contribution in [0.3, 0.4) is 0 Å². The summed E-state index contributed by atoms with van der Waals surface area (Å²) in [7, 11) is 0. The summed E-state index contributed by atoms with van der Waals surface area (Å²) in [6, 6.07) is 10.5. The first-order valence-corrected chi connectivity index (χ1v) is 5.91. The zero-order chi connectivity index (χ0) is 12.3. The van der Waals surface area contributed by atoms with Crippen molar-refractivity contribution >= 4 is 11.6 Å². The number of alkyl halides is 1. The third-order valence-corrected chi connectivity index (χ3v) is 3.12. The van der Waals surface area contributed by atoms with Gasteiger partial charge in [-0.2, -0.15) is 0 Å². The SMILES string of the molecule is Cc1cccnc1CC(Cl)c1ccccc1F. The number of benzene rings is 1. The highest BCUT2D eigenvalue weighted by molar-refractivity contribution is 6.20. The van der Waals surface area contributed by atoms with Gasteiger partial charge in [0.15, 0.2) is 0 Å². The Hall–Kier alpha value is -1.41. The van der Waals surface area contributed by atoms with Gasteiger partial charge in [-0.1, -0.05) is 24.3 Å². The lowest BCUT2D eigenvalue weighted by Crippen LogP contribution is -2.02. The van der Waals surface area contributed by atoms with E-state index in [-0.39, 0.29) is 11.2 Å². The summed E-state index contributed by atoms with van der Waals surface area (Å²) in [4.78, 5) is 4.27. The molecule has 0 spiro atoms. The predicted octanol–water partition coefficient (Wildman–Crippen LogP) is 4.05. The maximum Gasteiger partial charge on any atom is 0.127 e. The molecule has 0 aliphatic heterocycles. The van der Waals surface area contributed by atoms with Gasteiger partial charge >= 0.3 is 0 Å². The van der Waals surface area contributed by atoms with Crippen LogP contribution >= 0.6 is 11.6 Å². The lowest BCUT2D eigenvalue weighted by Gasteiger charge is -2.11. The van der Waals surface area contributed by atoms with Crippen LogP contribution in [0.4, 0.5) is 4.39 Å². The highest BCUT2D eigenvalue weighted by Crippen LogP contribution is 2.27. The van der Waals surface area contributed by atoms with Crippen LogP contribution in [0.5, 0.6) is 0 Å². The fourth-order valence-electron chi connectivity index (χ4n) is 1.74. The van der Waals surface area contributed by atoms with Crippen molar-refractivity contribution in [1.82, 2.24) is 4.98 Å². The number of hydrogen-bond acceptors (Lipinski definition) is 1. The lowest BCUT2D eigenvalue weighted by atomic mass is 10.0. The first-order valence-electron chi connectivity index (χ1n) is 5.47. The van der Waals surface area contributed by atoms with Gasteiger partial charge in [0.05, 0.1) is 5.38 Å². The zero-order valence-corrected chi connectivity index (χ0v) is 10.3. The van der Waals surface area contributed by atoms with Crippen molar-refractivity contribution in [2.24, 2.45) is 0 Å². The van der Waals surface area contributed by atoms with Gasteiger partial charge in [0, 0.05) is 23.9 Å². The van der Waals surface area contributed by atoms with Gasteiger partial charge in [-0.15, -0.1) is 11.6 Å². The molecule has 0 saturated carbocycles. The average Bonchev–Trinajstić information content (AvgIpc) is 2.32. The maximum atomic E-state index is 13.5. The van der Waals surface area contributed by atoms with Gasteiger partial charge in [0.2, 0.25) is 0 Å². The molecule has 1 atom stereocenters. The molecular weight excluding hydrogens is 237 g/mol. The van der Waals surface area contributed by atoms with E-state index < -0.39 is 0 Å². The molecule has 17 heavy (non-hydrogen) atoms. The van der Waals surface area contributed by atoms with E-state index in [1.54, 1.807) is 24.4 Å². The molecule has 0 bridgehead atoms. The topological polar surface area (TPSA) is 12.9 Å². The van der Waals surface area contributed by atoms with Crippen LogP contribution in [-0.2, 0) is 6.42 Å². The first-order chi connectivity index (χ1) is 8.18. The Morgan fingerprint density at radius 2 is 2.00 bits per heavy atom. The summed E-state index contributed by atoms with van der Waals surface area (Å²) in [5, 5.41) is -0.384. The van der Waals surface area contributed by atoms with Crippen LogP contribution in [0, 0.1) is 12.7 Å². The van der Waals surface area contributed by atoms with E-state index >= 15 is 0 Å². The number of hydrogen-bond donors (Lipinski definition) is 0. The van der Waals surface area contributed by atoms with E-state index in [9.17, 15) is 4.39 Å². The van der Waals surface area contributed by atoms with Crippen LogP contribution in [0.2, 0.25) is 0 Å². The molecule has 1 aromatic carbocycles. The zero-order valence-electron chi connectivity index (χ0n) is 9.53. The van der Waals surface area contributed by atoms with E-state index in [2.05, 4.69) is 4.98 Å². The molecule has 0 amide bonds. The van der Waals surface area contributed by atoms with Gasteiger partial charge in [-0.3, -0.25) is 4.98 Å². The van der Waals surface area contributed by atoms with Gasteiger partial charge in [-0.05, 0) is 24.6 Å². The fourth-order valence-corrected chi connectivity index (χ4v) is 2.06. The monoisotopic (exact) mass is 249 g/mol. The minimum absolute atomic E-state index is 0.263. The number of nitrogens with zero attached hydrogens (tertiary/aromatic N) is 1. The Morgan fingerprint density at radius 1 is 1.24 bits per heavy atom. The number of pyridine rings is 1. The number of rotatable bonds is 3. The van der Waals surface area contributed by atoms with Crippen molar-refractivity contribution in [3.05, 3.63) is 65.2 Å². The summed E-state index contributed by atoms with van der Waals surface area (Å²) >= 11 is 6.24. The van der Waals surface area contributed by atoms with Crippen molar-refractivity contribution in [2.75, 3.05) is 0 Å². The minimum Gasteiger partial charge on any atom is -0.261 e. The third-order valence-electron chi connectivity index (χ3n) is 2.73. The van der Waals surface area contributed by atoms with Crippen LogP contribution < -0.4 is 0 Å². The van der Waals surface area contributed by atoms with Crippen LogP contribution in [-0.4, -0.2) is 4.98 Å². The standard InChI is InChI=1S/C14H13ClFN/c1-10-5-4-8-17-14(10)9-12(15)11-6-2-3-7-13(11)16/h2-8,12H,9H2,1H3. The number of halogens is 2. The summed E-state index contributed by atoms with van der Waals surface area (Å²) < 4.78 is 13.5. The highest BCUT2D eigenvalue weighted by atomic mass is 35.5. The molecule has 0 radical (unpaired) electrons. The van der Waals surface area contributed by atoms with Gasteiger partial charge in [0.1, 0.15) is 5.82 Å². The van der Waals surface area contributed by atoms with Crippen molar-refractivity contribution in [2.45, 2.75) is 18.7 Å². The second-order valence-corrected chi connectivity index (χ2v) is 4.49. The van der Waals surface area contributed by atoms with E-state index in [1.165, 1.54) is 6.07 Å². The normalized spacial score (nSPS) is 12.4. The van der Waals surface area contributed by atoms with Crippen molar-refractivity contribution in [3.8, 4) is 0 Å². The lowest BCUT2D eigenvalue weighted by molar-refractivity contribution is 0.605. The summed E-state index contributed by atoms with van der Waals surface area (Å²) in [5.41, 5.74) is 2.52. The molecule has 1 aromatic heterocycles. The Labute approximate surface area is 105 Å². The first kappa shape index (κ1) is 12.1. The Morgan fingerprint density at radius 3 is 2.71 bits per heavy atom.